The summed E-state index contributed by atoms with van der Waals surface area (Å²) in [7, 11) is 0. The number of hydrogen-bond acceptors (Lipinski definition) is 5. The van der Waals surface area contributed by atoms with E-state index in [9.17, 15) is 9.59 Å². The molecule has 8 heteroatoms. The lowest BCUT2D eigenvalue weighted by Crippen LogP contribution is -2.43. The van der Waals surface area contributed by atoms with Crippen LogP contribution in [0, 0.1) is 11.8 Å². The Morgan fingerprint density at radius 2 is 2.07 bits per heavy atom. The SMILES string of the molecule is CC(CCCCC(=O)O)[C@H]1CO[C@@H](C)O[C@H]1C=NNC(=O)Nc1ccccc1. The molecule has 1 aromatic rings. The zero-order valence-electron chi connectivity index (χ0n) is 16.3. The van der Waals surface area contributed by atoms with Crippen molar-refractivity contribution in [3.63, 3.8) is 0 Å². The van der Waals surface area contributed by atoms with Crippen LogP contribution in [-0.4, -0.2) is 42.3 Å². The summed E-state index contributed by atoms with van der Waals surface area (Å²) >= 11 is 0. The molecule has 28 heavy (non-hydrogen) atoms. The van der Waals surface area contributed by atoms with Crippen LogP contribution in [0.1, 0.15) is 39.5 Å². The topological polar surface area (TPSA) is 109 Å². The number of aliphatic carboxylic acids is 1. The van der Waals surface area contributed by atoms with Gasteiger partial charge >= 0.3 is 12.0 Å². The molecular weight excluding hydrogens is 362 g/mol. The van der Waals surface area contributed by atoms with Gasteiger partial charge in [-0.2, -0.15) is 5.10 Å². The first kappa shape index (κ1) is 21.8. The van der Waals surface area contributed by atoms with Crippen LogP contribution in [0.3, 0.4) is 0 Å². The molecule has 0 saturated carbocycles. The average Bonchev–Trinajstić information content (AvgIpc) is 2.66. The highest BCUT2D eigenvalue weighted by molar-refractivity contribution is 5.89. The maximum absolute atomic E-state index is 11.9. The molecule has 0 radical (unpaired) electrons. The number of unbranched alkanes of at least 4 members (excludes halogenated alkanes) is 1. The lowest BCUT2D eigenvalue weighted by molar-refractivity contribution is -0.215. The Morgan fingerprint density at radius 3 is 2.79 bits per heavy atom. The number of para-hydroxylation sites is 1. The van der Waals surface area contributed by atoms with E-state index in [1.54, 1.807) is 18.3 Å². The van der Waals surface area contributed by atoms with Gasteiger partial charge in [0.25, 0.3) is 0 Å². The normalized spacial score (nSPS) is 23.3. The minimum absolute atomic E-state index is 0.0868. The summed E-state index contributed by atoms with van der Waals surface area (Å²) in [5, 5.41) is 15.5. The number of carbonyl (C=O) groups is 2. The first-order chi connectivity index (χ1) is 13.5. The van der Waals surface area contributed by atoms with Crippen LogP contribution in [0.2, 0.25) is 0 Å². The smallest absolute Gasteiger partial charge is 0.339 e. The van der Waals surface area contributed by atoms with Gasteiger partial charge in [0.1, 0.15) is 6.10 Å². The molecule has 2 amide bonds. The predicted octanol–water partition coefficient (Wildman–Crippen LogP) is 3.45. The molecule has 3 N–H and O–H groups in total. The Balaban J connectivity index is 1.83. The third-order valence-electron chi connectivity index (χ3n) is 4.74. The second kappa shape index (κ2) is 11.4. The second-order valence-corrected chi connectivity index (χ2v) is 6.99. The van der Waals surface area contributed by atoms with Crippen molar-refractivity contribution in [1.82, 2.24) is 5.43 Å². The van der Waals surface area contributed by atoms with Gasteiger partial charge in [-0.25, -0.2) is 10.2 Å². The Hall–Kier alpha value is -2.45. The number of carbonyl (C=O) groups excluding carboxylic acids is 1. The van der Waals surface area contributed by atoms with E-state index in [0.717, 1.165) is 12.8 Å². The van der Waals surface area contributed by atoms with Crippen LogP contribution in [0.25, 0.3) is 0 Å². The summed E-state index contributed by atoms with van der Waals surface area (Å²) < 4.78 is 11.4. The molecule has 1 aromatic carbocycles. The molecule has 8 nitrogen and oxygen atoms in total. The maximum Gasteiger partial charge on any atom is 0.339 e. The fourth-order valence-electron chi connectivity index (χ4n) is 3.14. The summed E-state index contributed by atoms with van der Waals surface area (Å²) in [4.78, 5) is 22.5. The van der Waals surface area contributed by atoms with Crippen molar-refractivity contribution in [2.75, 3.05) is 11.9 Å². The number of carboxylic acids is 1. The molecule has 2 rings (SSSR count). The van der Waals surface area contributed by atoms with Crippen LogP contribution in [0.5, 0.6) is 0 Å². The van der Waals surface area contributed by atoms with Crippen LogP contribution in [0.4, 0.5) is 10.5 Å². The fraction of sp³-hybridized carbons (Fsp3) is 0.550. The Labute approximate surface area is 165 Å². The highest BCUT2D eigenvalue weighted by Gasteiger charge is 2.32. The number of ether oxygens (including phenoxy) is 2. The van der Waals surface area contributed by atoms with E-state index in [1.165, 1.54) is 0 Å². The number of nitrogens with zero attached hydrogens (tertiary/aromatic N) is 1. The first-order valence-electron chi connectivity index (χ1n) is 9.59. The standard InChI is InChI=1S/C20H29N3O5/c1-14(8-6-7-11-19(24)25)17-13-27-15(2)28-18(17)12-21-23-20(26)22-16-9-4-3-5-10-16/h3-5,9-10,12,14-15,17-18H,6-8,11,13H2,1-2H3,(H,24,25)(H2,22,23,26)/t14?,15-,17-,18+/m1/s1. The molecule has 1 fully saturated rings. The number of carboxylic acid groups (broad SMARTS) is 1. The Morgan fingerprint density at radius 1 is 1.32 bits per heavy atom. The van der Waals surface area contributed by atoms with Crippen molar-refractivity contribution in [3.8, 4) is 0 Å². The zero-order valence-corrected chi connectivity index (χ0v) is 16.3. The number of anilines is 1. The van der Waals surface area contributed by atoms with Gasteiger partial charge in [-0.05, 0) is 31.4 Å². The third-order valence-corrected chi connectivity index (χ3v) is 4.74. The van der Waals surface area contributed by atoms with Crippen molar-refractivity contribution in [1.29, 1.82) is 0 Å². The number of hydrazone groups is 1. The Kier molecular flexibility index (Phi) is 8.90. The first-order valence-corrected chi connectivity index (χ1v) is 9.59. The van der Waals surface area contributed by atoms with Gasteiger partial charge < -0.3 is 19.9 Å². The van der Waals surface area contributed by atoms with Crippen LogP contribution in [-0.2, 0) is 14.3 Å². The molecule has 154 valence electrons. The van der Waals surface area contributed by atoms with E-state index in [1.807, 2.05) is 25.1 Å². The van der Waals surface area contributed by atoms with Crippen molar-refractivity contribution < 1.29 is 24.2 Å². The molecule has 4 atom stereocenters. The van der Waals surface area contributed by atoms with Crippen LogP contribution >= 0.6 is 0 Å². The monoisotopic (exact) mass is 391 g/mol. The van der Waals surface area contributed by atoms with Gasteiger partial charge in [0, 0.05) is 18.0 Å². The molecule has 1 heterocycles. The number of benzene rings is 1. The molecular formula is C20H29N3O5. The van der Waals surface area contributed by atoms with Gasteiger partial charge in [-0.3, -0.25) is 4.79 Å². The van der Waals surface area contributed by atoms with Gasteiger partial charge in [0.05, 0.1) is 12.8 Å². The molecule has 1 aliphatic rings. The molecule has 0 bridgehead atoms. The van der Waals surface area contributed by atoms with Gasteiger partial charge in [-0.15, -0.1) is 0 Å². The minimum atomic E-state index is -0.768. The lowest BCUT2D eigenvalue weighted by Gasteiger charge is -2.36. The molecule has 0 spiro atoms. The molecule has 1 unspecified atom stereocenters. The van der Waals surface area contributed by atoms with E-state index in [2.05, 4.69) is 22.8 Å². The highest BCUT2D eigenvalue weighted by Crippen LogP contribution is 2.28. The third kappa shape index (κ3) is 7.66. The number of nitrogens with one attached hydrogen (secondary N) is 2. The van der Waals surface area contributed by atoms with Gasteiger partial charge in [-0.1, -0.05) is 38.0 Å². The molecule has 1 aliphatic heterocycles. The molecule has 0 aromatic heterocycles. The lowest BCUT2D eigenvalue weighted by atomic mass is 9.85. The molecule has 0 aliphatic carbocycles. The van der Waals surface area contributed by atoms with E-state index >= 15 is 0 Å². The number of urea groups is 1. The summed E-state index contributed by atoms with van der Waals surface area (Å²) in [6.07, 6.45) is 3.53. The van der Waals surface area contributed by atoms with Crippen molar-refractivity contribution >= 4 is 23.9 Å². The van der Waals surface area contributed by atoms with E-state index in [4.69, 9.17) is 14.6 Å². The van der Waals surface area contributed by atoms with Crippen LogP contribution in [0.15, 0.2) is 35.4 Å². The maximum atomic E-state index is 11.9. The number of rotatable bonds is 9. The van der Waals surface area contributed by atoms with Crippen molar-refractivity contribution in [2.24, 2.45) is 16.9 Å². The zero-order chi connectivity index (χ0) is 20.4. The van der Waals surface area contributed by atoms with E-state index in [0.29, 0.717) is 18.7 Å². The van der Waals surface area contributed by atoms with E-state index in [-0.39, 0.29) is 30.7 Å². The number of amides is 2. The average molecular weight is 391 g/mol. The van der Waals surface area contributed by atoms with Gasteiger partial charge in [0.2, 0.25) is 0 Å². The van der Waals surface area contributed by atoms with Crippen molar-refractivity contribution in [3.05, 3.63) is 30.3 Å². The van der Waals surface area contributed by atoms with Crippen molar-refractivity contribution in [2.45, 2.75) is 51.9 Å². The largest absolute Gasteiger partial charge is 0.481 e. The Bertz CT molecular complexity index is 653. The predicted molar refractivity (Wildman–Crippen MR) is 106 cm³/mol. The molecule has 1 saturated heterocycles. The quantitative estimate of drug-likeness (QED) is 0.339. The van der Waals surface area contributed by atoms with E-state index < -0.39 is 12.0 Å². The summed E-state index contributed by atoms with van der Waals surface area (Å²) in [5.41, 5.74) is 3.13. The summed E-state index contributed by atoms with van der Waals surface area (Å²) in [5.74, 6) is -0.407. The van der Waals surface area contributed by atoms with Gasteiger partial charge in [0.15, 0.2) is 6.29 Å². The number of hydrogen-bond donors (Lipinski definition) is 3. The fourth-order valence-corrected chi connectivity index (χ4v) is 3.14. The second-order valence-electron chi connectivity index (χ2n) is 6.99. The van der Waals surface area contributed by atoms with Crippen LogP contribution < -0.4 is 10.7 Å². The highest BCUT2D eigenvalue weighted by atomic mass is 16.7. The minimum Gasteiger partial charge on any atom is -0.481 e. The summed E-state index contributed by atoms with van der Waals surface area (Å²) in [6.45, 7) is 4.46. The summed E-state index contributed by atoms with van der Waals surface area (Å²) in [6, 6.07) is 8.68.